The van der Waals surface area contributed by atoms with E-state index in [2.05, 4.69) is 10.6 Å². The number of nitrogens with one attached hydrogen (secondary N) is 2. The van der Waals surface area contributed by atoms with Gasteiger partial charge in [0.05, 0.1) is 17.5 Å². The molecule has 0 saturated carbocycles. The van der Waals surface area contributed by atoms with Crippen LogP contribution in [-0.2, 0) is 21.4 Å². The fourth-order valence-electron chi connectivity index (χ4n) is 2.30. The van der Waals surface area contributed by atoms with Crippen molar-refractivity contribution in [1.82, 2.24) is 14.9 Å². The molecule has 0 aliphatic carbocycles. The Labute approximate surface area is 146 Å². The van der Waals surface area contributed by atoms with Crippen molar-refractivity contribution in [3.63, 3.8) is 0 Å². The van der Waals surface area contributed by atoms with E-state index in [1.807, 2.05) is 0 Å². The Balaban J connectivity index is 0.00000288. The average Bonchev–Trinajstić information content (AvgIpc) is 2.85. The van der Waals surface area contributed by atoms with Crippen molar-refractivity contribution in [3.05, 3.63) is 29.8 Å². The Morgan fingerprint density at radius 2 is 2.00 bits per heavy atom. The lowest BCUT2D eigenvalue weighted by Gasteiger charge is -2.16. The molecule has 1 aromatic rings. The smallest absolute Gasteiger partial charge is 0.262 e. The predicted molar refractivity (Wildman–Crippen MR) is 87.8 cm³/mol. The molecule has 136 valence electrons. The van der Waals surface area contributed by atoms with Gasteiger partial charge in [-0.05, 0) is 11.6 Å². The molecule has 1 aliphatic rings. The van der Waals surface area contributed by atoms with Crippen LogP contribution in [0, 0.1) is 0 Å². The average molecular weight is 384 g/mol. The molecular formula is C14H20ClF2N3O3S. The molecule has 0 spiro atoms. The fraction of sp³-hybridized carbons (Fsp3) is 0.500. The zero-order chi connectivity index (χ0) is 17.3. The molecule has 0 aromatic heterocycles. The summed E-state index contributed by atoms with van der Waals surface area (Å²) in [5.74, 6) is -3.46. The van der Waals surface area contributed by atoms with Crippen LogP contribution in [0.25, 0.3) is 0 Å². The Bertz CT molecular complexity index is 698. The molecule has 1 atom stereocenters. The van der Waals surface area contributed by atoms with E-state index in [0.29, 0.717) is 5.56 Å². The summed E-state index contributed by atoms with van der Waals surface area (Å²) in [6.45, 7) is -0.581. The summed E-state index contributed by atoms with van der Waals surface area (Å²) in [5, 5.41) is 4.97. The van der Waals surface area contributed by atoms with E-state index < -0.39 is 40.9 Å². The van der Waals surface area contributed by atoms with Gasteiger partial charge in [-0.15, -0.1) is 12.4 Å². The molecule has 1 unspecified atom stereocenters. The maximum atomic E-state index is 13.1. The number of sulfonamides is 1. The van der Waals surface area contributed by atoms with Gasteiger partial charge in [-0.1, -0.05) is 18.2 Å². The minimum atomic E-state index is -3.65. The van der Waals surface area contributed by atoms with E-state index in [-0.39, 0.29) is 23.8 Å². The molecule has 6 nitrogen and oxygen atoms in total. The summed E-state index contributed by atoms with van der Waals surface area (Å²) in [7, 11) is -0.823. The van der Waals surface area contributed by atoms with Gasteiger partial charge in [-0.3, -0.25) is 10.1 Å². The third-order valence-electron chi connectivity index (χ3n) is 3.61. The summed E-state index contributed by atoms with van der Waals surface area (Å²) in [5.41, 5.74) is 0.402. The summed E-state index contributed by atoms with van der Waals surface area (Å²) in [4.78, 5) is 12.0. The second-order valence-electron chi connectivity index (χ2n) is 5.61. The highest BCUT2D eigenvalue weighted by molar-refractivity contribution is 7.89. The Morgan fingerprint density at radius 1 is 1.38 bits per heavy atom. The Kier molecular flexibility index (Phi) is 6.68. The van der Waals surface area contributed by atoms with E-state index >= 15 is 0 Å². The minimum absolute atomic E-state index is 0. The number of benzene rings is 1. The largest absolute Gasteiger partial charge is 0.351 e. The standard InChI is InChI=1S/C14H19F2N3O3S.ClH/c1-19(2)23(21,22)12-6-4-3-5-10(12)8-17-13(20)11-7-14(15,16)9-18-11;/h3-6,11,18H,7-9H2,1-2H3,(H,17,20);1H. The molecule has 1 fully saturated rings. The molecule has 1 heterocycles. The first kappa shape index (κ1) is 20.8. The number of hydrogen-bond donors (Lipinski definition) is 2. The first-order valence-electron chi connectivity index (χ1n) is 7.03. The van der Waals surface area contributed by atoms with Gasteiger partial charge in [-0.2, -0.15) is 0 Å². The van der Waals surface area contributed by atoms with Crippen molar-refractivity contribution in [2.45, 2.75) is 29.8 Å². The summed E-state index contributed by atoms with van der Waals surface area (Å²) < 4.78 is 51.8. The number of alkyl halides is 2. The van der Waals surface area contributed by atoms with E-state index in [0.717, 1.165) is 4.31 Å². The van der Waals surface area contributed by atoms with Crippen molar-refractivity contribution in [2.75, 3.05) is 20.6 Å². The lowest BCUT2D eigenvalue weighted by atomic mass is 10.1. The van der Waals surface area contributed by atoms with Crippen LogP contribution in [0.15, 0.2) is 29.2 Å². The molecule has 2 N–H and O–H groups in total. The van der Waals surface area contributed by atoms with Crippen LogP contribution in [0.1, 0.15) is 12.0 Å². The Morgan fingerprint density at radius 3 is 2.54 bits per heavy atom. The number of carbonyl (C=O) groups excluding carboxylic acids is 1. The lowest BCUT2D eigenvalue weighted by molar-refractivity contribution is -0.123. The molecular weight excluding hydrogens is 364 g/mol. The van der Waals surface area contributed by atoms with E-state index in [9.17, 15) is 22.0 Å². The molecule has 0 bridgehead atoms. The molecule has 1 aliphatic heterocycles. The first-order valence-corrected chi connectivity index (χ1v) is 8.47. The monoisotopic (exact) mass is 383 g/mol. The first-order chi connectivity index (χ1) is 10.6. The zero-order valence-corrected chi connectivity index (χ0v) is 14.9. The van der Waals surface area contributed by atoms with Gasteiger partial charge in [0.15, 0.2) is 0 Å². The number of amides is 1. The van der Waals surface area contributed by atoms with E-state index in [4.69, 9.17) is 0 Å². The number of halogens is 3. The number of nitrogens with zero attached hydrogens (tertiary/aromatic N) is 1. The van der Waals surface area contributed by atoms with Crippen LogP contribution < -0.4 is 10.6 Å². The summed E-state index contributed by atoms with van der Waals surface area (Å²) >= 11 is 0. The summed E-state index contributed by atoms with van der Waals surface area (Å²) in [6.07, 6.45) is -0.559. The third-order valence-corrected chi connectivity index (χ3v) is 5.53. The number of rotatable bonds is 5. The zero-order valence-electron chi connectivity index (χ0n) is 13.3. The maximum absolute atomic E-state index is 13.1. The van der Waals surface area contributed by atoms with Crippen LogP contribution in [0.2, 0.25) is 0 Å². The summed E-state index contributed by atoms with van der Waals surface area (Å²) in [6, 6.07) is 5.29. The van der Waals surface area contributed by atoms with Crippen molar-refractivity contribution in [1.29, 1.82) is 0 Å². The van der Waals surface area contributed by atoms with Gasteiger partial charge in [0.25, 0.3) is 5.92 Å². The molecule has 0 radical (unpaired) electrons. The molecule has 24 heavy (non-hydrogen) atoms. The van der Waals surface area contributed by atoms with Gasteiger partial charge < -0.3 is 5.32 Å². The van der Waals surface area contributed by atoms with Crippen LogP contribution in [0.3, 0.4) is 0 Å². The highest BCUT2D eigenvalue weighted by Gasteiger charge is 2.42. The second-order valence-corrected chi connectivity index (χ2v) is 7.73. The van der Waals surface area contributed by atoms with Crippen molar-refractivity contribution in [2.24, 2.45) is 0 Å². The quantitative estimate of drug-likeness (QED) is 0.794. The van der Waals surface area contributed by atoms with Gasteiger partial charge >= 0.3 is 0 Å². The highest BCUT2D eigenvalue weighted by Crippen LogP contribution is 2.25. The maximum Gasteiger partial charge on any atom is 0.262 e. The van der Waals surface area contributed by atoms with E-state index in [1.54, 1.807) is 18.2 Å². The van der Waals surface area contributed by atoms with Gasteiger partial charge in [-0.25, -0.2) is 21.5 Å². The van der Waals surface area contributed by atoms with Crippen LogP contribution in [0.4, 0.5) is 8.78 Å². The molecule has 10 heteroatoms. The van der Waals surface area contributed by atoms with Gasteiger partial charge in [0, 0.05) is 27.1 Å². The molecule has 1 aromatic carbocycles. The fourth-order valence-corrected chi connectivity index (χ4v) is 3.42. The van der Waals surface area contributed by atoms with Crippen molar-refractivity contribution < 1.29 is 22.0 Å². The topological polar surface area (TPSA) is 78.5 Å². The van der Waals surface area contributed by atoms with Crippen LogP contribution >= 0.6 is 12.4 Å². The predicted octanol–water partition coefficient (Wildman–Crippen LogP) is 0.972. The van der Waals surface area contributed by atoms with E-state index in [1.165, 1.54) is 20.2 Å². The minimum Gasteiger partial charge on any atom is -0.351 e. The van der Waals surface area contributed by atoms with Crippen molar-refractivity contribution >= 4 is 28.3 Å². The third kappa shape index (κ3) is 4.62. The van der Waals surface area contributed by atoms with Crippen LogP contribution in [-0.4, -0.2) is 51.2 Å². The molecule has 1 saturated heterocycles. The Hall–Kier alpha value is -1.29. The number of carbonyl (C=O) groups is 1. The van der Waals surface area contributed by atoms with Crippen molar-refractivity contribution in [3.8, 4) is 0 Å². The SMILES string of the molecule is CN(C)S(=O)(=O)c1ccccc1CNC(=O)C1CC(F)(F)CN1.Cl. The lowest BCUT2D eigenvalue weighted by Crippen LogP contribution is -2.40. The number of hydrogen-bond acceptors (Lipinski definition) is 4. The molecule has 2 rings (SSSR count). The van der Waals surface area contributed by atoms with Gasteiger partial charge in [0.1, 0.15) is 0 Å². The second kappa shape index (κ2) is 7.73. The van der Waals surface area contributed by atoms with Crippen LogP contribution in [0.5, 0.6) is 0 Å². The molecule has 1 amide bonds. The normalized spacial score (nSPS) is 19.8. The highest BCUT2D eigenvalue weighted by atomic mass is 35.5. The van der Waals surface area contributed by atoms with Gasteiger partial charge in [0.2, 0.25) is 15.9 Å².